The van der Waals surface area contributed by atoms with E-state index in [1.54, 1.807) is 6.07 Å². The Morgan fingerprint density at radius 1 is 0.897 bits per heavy atom. The van der Waals surface area contributed by atoms with Gasteiger partial charge in [-0.25, -0.2) is 22.7 Å². The van der Waals surface area contributed by atoms with Crippen molar-refractivity contribution in [2.75, 3.05) is 13.2 Å². The second-order valence-corrected chi connectivity index (χ2v) is 8.84. The molecule has 2 aromatic carbocycles. The Kier molecular flexibility index (Phi) is 8.38. The summed E-state index contributed by atoms with van der Waals surface area (Å²) in [6.07, 6.45) is 0.676. The van der Waals surface area contributed by atoms with Gasteiger partial charge in [0.1, 0.15) is 29.0 Å². The van der Waals surface area contributed by atoms with E-state index >= 15 is 0 Å². The van der Waals surface area contributed by atoms with Crippen LogP contribution in [0.3, 0.4) is 0 Å². The van der Waals surface area contributed by atoms with Gasteiger partial charge in [-0.05, 0) is 35.9 Å². The number of aromatic nitrogens is 3. The molecule has 13 heteroatoms. The molecule has 0 saturated carbocycles. The van der Waals surface area contributed by atoms with E-state index in [9.17, 15) is 33.1 Å². The molecule has 4 aromatic rings. The number of halogens is 3. The summed E-state index contributed by atoms with van der Waals surface area (Å²) in [5.74, 6) is -3.01. The molecule has 4 rings (SSSR count). The molecular weight excluding hydrogens is 540 g/mol. The van der Waals surface area contributed by atoms with Gasteiger partial charge >= 0.3 is 5.69 Å². The molecule has 0 bridgehead atoms. The zero-order valence-electron chi connectivity index (χ0n) is 20.3. The van der Waals surface area contributed by atoms with Crippen molar-refractivity contribution in [3.63, 3.8) is 0 Å². The monoisotopic (exact) mass is 561 g/mol. The Morgan fingerprint density at radius 2 is 1.56 bits per heavy atom. The Morgan fingerprint density at radius 3 is 2.21 bits per heavy atom. The number of fused-ring (bicyclic) bond motifs is 1. The Balaban J connectivity index is 1.65. The minimum Gasteiger partial charge on any atom is -0.487 e. The number of pyridine rings is 1. The minimum absolute atomic E-state index is 0.0139. The maximum Gasteiger partial charge on any atom is 0.342 e. The van der Waals surface area contributed by atoms with Gasteiger partial charge in [-0.1, -0.05) is 17.7 Å². The van der Waals surface area contributed by atoms with Crippen molar-refractivity contribution < 1.29 is 33.3 Å². The largest absolute Gasteiger partial charge is 0.487 e. The van der Waals surface area contributed by atoms with E-state index in [1.807, 2.05) is 0 Å². The van der Waals surface area contributed by atoms with Gasteiger partial charge in [0.25, 0.3) is 5.56 Å². The van der Waals surface area contributed by atoms with Gasteiger partial charge < -0.3 is 19.5 Å². The molecule has 0 fully saturated rings. The van der Waals surface area contributed by atoms with Crippen molar-refractivity contribution in [1.29, 1.82) is 0 Å². The molecule has 0 unspecified atom stereocenters. The van der Waals surface area contributed by atoms with Crippen LogP contribution in [0, 0.1) is 11.6 Å². The van der Waals surface area contributed by atoms with Crippen LogP contribution in [0.15, 0.2) is 58.3 Å². The predicted molar refractivity (Wildman–Crippen MR) is 136 cm³/mol. The van der Waals surface area contributed by atoms with Gasteiger partial charge in [0.2, 0.25) is 11.8 Å². The number of aliphatic hydroxyl groups excluding tert-OH is 2. The van der Waals surface area contributed by atoms with Crippen LogP contribution in [0.1, 0.15) is 33.6 Å². The molecule has 2 N–H and O–H groups in total. The third-order valence-electron chi connectivity index (χ3n) is 5.88. The zero-order chi connectivity index (χ0) is 28.3. The van der Waals surface area contributed by atoms with Crippen molar-refractivity contribution in [2.45, 2.75) is 26.0 Å². The van der Waals surface area contributed by atoms with Crippen LogP contribution in [-0.2, 0) is 13.2 Å². The first kappa shape index (κ1) is 27.9. The maximum absolute atomic E-state index is 13.9. The number of hydrogen-bond acceptors (Lipinski definition) is 7. The Hall–Kier alpha value is -4.13. The van der Waals surface area contributed by atoms with Gasteiger partial charge in [-0.15, -0.1) is 0 Å². The third kappa shape index (κ3) is 5.67. The first-order chi connectivity index (χ1) is 18.7. The summed E-state index contributed by atoms with van der Waals surface area (Å²) >= 11 is 6.19. The molecule has 0 aliphatic rings. The van der Waals surface area contributed by atoms with Crippen LogP contribution < -0.4 is 16.0 Å². The van der Waals surface area contributed by atoms with Crippen LogP contribution in [-0.4, -0.2) is 48.9 Å². The molecule has 0 amide bonds. The lowest BCUT2D eigenvalue weighted by Gasteiger charge is -2.12. The SMILES string of the molecule is O=C(CCO)n1c(=O)n(C(=O)CCO)c2cc(Cn3ccc(OCc4ccc(F)cc4F)c(Cl)c3=O)ccc21. The summed E-state index contributed by atoms with van der Waals surface area (Å²) in [5.41, 5.74) is -0.828. The summed E-state index contributed by atoms with van der Waals surface area (Å²) in [6, 6.07) is 8.84. The first-order valence-corrected chi connectivity index (χ1v) is 12.0. The molecule has 0 atom stereocenters. The first-order valence-electron chi connectivity index (χ1n) is 11.7. The Labute approximate surface area is 223 Å². The molecule has 204 valence electrons. The predicted octanol–water partition coefficient (Wildman–Crippen LogP) is 2.57. The summed E-state index contributed by atoms with van der Waals surface area (Å²) < 4.78 is 35.2. The standard InChI is InChI=1S/C26H22ClF2N3O7/c27-24-21(39-14-16-2-3-17(28)12-18(16)29)5-8-30(25(24)37)13-15-1-4-19-20(11-15)32(23(36)7-10-34)26(38)31(19)22(35)6-9-33/h1-5,8,11-12,33-34H,6-7,9-10,13-14H2. The average molecular weight is 562 g/mol. The fourth-order valence-electron chi connectivity index (χ4n) is 4.00. The Bertz CT molecular complexity index is 1690. The molecular formula is C26H22ClF2N3O7. The van der Waals surface area contributed by atoms with Crippen molar-refractivity contribution in [3.05, 3.63) is 97.3 Å². The van der Waals surface area contributed by atoms with Gasteiger partial charge in [-0.3, -0.25) is 14.4 Å². The molecule has 0 aliphatic carbocycles. The number of rotatable bonds is 9. The summed E-state index contributed by atoms with van der Waals surface area (Å²) in [4.78, 5) is 50.8. The lowest BCUT2D eigenvalue weighted by atomic mass is 10.2. The number of carbonyl (C=O) groups is 2. The van der Waals surface area contributed by atoms with E-state index < -0.39 is 47.9 Å². The molecule has 39 heavy (non-hydrogen) atoms. The van der Waals surface area contributed by atoms with Crippen molar-refractivity contribution in [1.82, 2.24) is 13.7 Å². The van der Waals surface area contributed by atoms with E-state index in [0.29, 0.717) is 11.6 Å². The molecule has 2 heterocycles. The zero-order valence-corrected chi connectivity index (χ0v) is 21.0. The number of benzene rings is 2. The number of carbonyl (C=O) groups excluding carboxylic acids is 2. The molecule has 10 nitrogen and oxygen atoms in total. The van der Waals surface area contributed by atoms with E-state index in [-0.39, 0.29) is 53.4 Å². The van der Waals surface area contributed by atoms with Crippen molar-refractivity contribution in [2.24, 2.45) is 0 Å². The van der Waals surface area contributed by atoms with Gasteiger partial charge in [-0.2, -0.15) is 0 Å². The van der Waals surface area contributed by atoms with Crippen molar-refractivity contribution in [3.8, 4) is 5.75 Å². The lowest BCUT2D eigenvalue weighted by molar-refractivity contribution is 0.0863. The highest BCUT2D eigenvalue weighted by molar-refractivity contribution is 6.31. The average Bonchev–Trinajstić information content (AvgIpc) is 3.18. The highest BCUT2D eigenvalue weighted by Gasteiger charge is 2.22. The second kappa shape index (κ2) is 11.7. The van der Waals surface area contributed by atoms with E-state index in [2.05, 4.69) is 0 Å². The smallest absolute Gasteiger partial charge is 0.342 e. The number of aliphatic hydroxyl groups is 2. The summed E-state index contributed by atoms with van der Waals surface area (Å²) in [5, 5.41) is 18.0. The number of nitrogens with zero attached hydrogens (tertiary/aromatic N) is 3. The van der Waals surface area contributed by atoms with Gasteiger partial charge in [0, 0.05) is 17.8 Å². The van der Waals surface area contributed by atoms with E-state index in [1.165, 1.54) is 35.0 Å². The maximum atomic E-state index is 13.9. The third-order valence-corrected chi connectivity index (χ3v) is 6.22. The van der Waals surface area contributed by atoms with E-state index in [0.717, 1.165) is 15.2 Å². The summed E-state index contributed by atoms with van der Waals surface area (Å²) in [6.45, 7) is -1.35. The topological polar surface area (TPSA) is 133 Å². The quantitative estimate of drug-likeness (QED) is 0.321. The highest BCUT2D eigenvalue weighted by atomic mass is 35.5. The fourth-order valence-corrected chi connectivity index (χ4v) is 4.22. The number of imidazole rings is 1. The van der Waals surface area contributed by atoms with Gasteiger partial charge in [0.05, 0.1) is 43.6 Å². The number of hydrogen-bond donors (Lipinski definition) is 2. The van der Waals surface area contributed by atoms with Crippen LogP contribution in [0.5, 0.6) is 5.75 Å². The molecule has 0 spiro atoms. The molecule has 0 aliphatic heterocycles. The lowest BCUT2D eigenvalue weighted by Crippen LogP contribution is -2.32. The van der Waals surface area contributed by atoms with Crippen LogP contribution in [0.25, 0.3) is 11.0 Å². The number of ether oxygens (including phenoxy) is 1. The second-order valence-electron chi connectivity index (χ2n) is 8.46. The minimum atomic E-state index is -0.932. The van der Waals surface area contributed by atoms with Crippen molar-refractivity contribution >= 4 is 34.4 Å². The summed E-state index contributed by atoms with van der Waals surface area (Å²) in [7, 11) is 0. The van der Waals surface area contributed by atoms with Crippen LogP contribution in [0.2, 0.25) is 5.02 Å². The van der Waals surface area contributed by atoms with E-state index in [4.69, 9.17) is 21.4 Å². The molecule has 2 aromatic heterocycles. The molecule has 0 saturated heterocycles. The fraction of sp³-hybridized carbons (Fsp3) is 0.231. The van der Waals surface area contributed by atoms with Crippen LogP contribution in [0.4, 0.5) is 8.78 Å². The highest BCUT2D eigenvalue weighted by Crippen LogP contribution is 2.23. The van der Waals surface area contributed by atoms with Gasteiger partial charge in [0.15, 0.2) is 0 Å². The normalized spacial score (nSPS) is 11.2. The molecule has 0 radical (unpaired) electrons. The van der Waals surface area contributed by atoms with Crippen LogP contribution >= 0.6 is 11.6 Å².